The van der Waals surface area contributed by atoms with Crippen molar-refractivity contribution in [1.82, 2.24) is 14.5 Å². The molecule has 1 aliphatic carbocycles. The minimum atomic E-state index is -0.146. The van der Waals surface area contributed by atoms with E-state index in [0.717, 1.165) is 62.5 Å². The highest BCUT2D eigenvalue weighted by atomic mass is 16.3. The van der Waals surface area contributed by atoms with Crippen LogP contribution in [0.15, 0.2) is 216 Å². The standard InChI is InChI=1S/C58H40N4O/c1-4-14-37(15-5-1)50-36-51(38-16-6-2-7-17-38)60-58(59-50)41-24-28-46-47-29-27-43(35-57(47)63-56(46)34-41)62-53-23-13-11-21-45(53)49-33-40(26-31-55(49)62)39-25-30-54-48(32-39)44-20-10-12-22-52(44)61(54)42-18-8-3-9-19-42/h1-33,35-36,41,58-59H,34H2. The average Bonchev–Trinajstić information content (AvgIpc) is 4.01. The minimum absolute atomic E-state index is 0.110. The second kappa shape index (κ2) is 14.2. The van der Waals surface area contributed by atoms with Crippen LogP contribution < -0.4 is 5.32 Å². The van der Waals surface area contributed by atoms with Gasteiger partial charge in [-0.15, -0.1) is 0 Å². The molecule has 2 aliphatic rings. The summed E-state index contributed by atoms with van der Waals surface area (Å²) in [5.74, 6) is 1.11. The Morgan fingerprint density at radius 2 is 1.05 bits per heavy atom. The summed E-state index contributed by atoms with van der Waals surface area (Å²) in [6, 6.07) is 69.6. The van der Waals surface area contributed by atoms with Crippen molar-refractivity contribution >= 4 is 72.1 Å². The summed E-state index contributed by atoms with van der Waals surface area (Å²) in [7, 11) is 0. The lowest BCUT2D eigenvalue weighted by Crippen LogP contribution is -2.38. The molecule has 0 radical (unpaired) electrons. The lowest BCUT2D eigenvalue weighted by Gasteiger charge is -2.30. The number of allylic oxidation sites excluding steroid dienone is 1. The maximum atomic E-state index is 6.81. The topological polar surface area (TPSA) is 47.4 Å². The normalized spacial score (nSPS) is 16.1. The van der Waals surface area contributed by atoms with E-state index in [1.165, 1.54) is 54.9 Å². The Morgan fingerprint density at radius 1 is 0.476 bits per heavy atom. The van der Waals surface area contributed by atoms with Crippen LogP contribution in [-0.4, -0.2) is 21.0 Å². The molecule has 13 rings (SSSR count). The van der Waals surface area contributed by atoms with Crippen LogP contribution in [0.3, 0.4) is 0 Å². The molecule has 0 spiro atoms. The fraction of sp³-hybridized carbons (Fsp3) is 0.0517. The zero-order valence-electron chi connectivity index (χ0n) is 34.3. The van der Waals surface area contributed by atoms with Crippen LogP contribution in [0.5, 0.6) is 0 Å². The summed E-state index contributed by atoms with van der Waals surface area (Å²) in [5, 5.41) is 9.85. The molecule has 63 heavy (non-hydrogen) atoms. The highest BCUT2D eigenvalue weighted by Crippen LogP contribution is 2.40. The van der Waals surface area contributed by atoms with E-state index in [9.17, 15) is 0 Å². The van der Waals surface area contributed by atoms with Gasteiger partial charge in [-0.05, 0) is 89.0 Å². The molecular weight excluding hydrogens is 769 g/mol. The molecule has 0 fully saturated rings. The van der Waals surface area contributed by atoms with E-state index in [1.807, 2.05) is 0 Å². The number of hydrogen-bond acceptors (Lipinski definition) is 3. The summed E-state index contributed by atoms with van der Waals surface area (Å²) >= 11 is 0. The number of aliphatic imine (C=N–C) groups is 1. The van der Waals surface area contributed by atoms with Gasteiger partial charge in [0, 0.05) is 68.0 Å². The maximum Gasteiger partial charge on any atom is 0.137 e. The number of furan rings is 1. The third-order valence-corrected chi connectivity index (χ3v) is 13.1. The number of fused-ring (bicyclic) bond motifs is 9. The Kier molecular flexibility index (Phi) is 8.03. The lowest BCUT2D eigenvalue weighted by atomic mass is 9.90. The summed E-state index contributed by atoms with van der Waals surface area (Å²) in [6.07, 6.45) is 7.33. The number of hydrogen-bond donors (Lipinski definition) is 1. The molecule has 0 saturated heterocycles. The fourth-order valence-electron chi connectivity index (χ4n) is 10.1. The Labute approximate surface area is 364 Å². The molecule has 1 N–H and O–H groups in total. The number of nitrogens with zero attached hydrogens (tertiary/aromatic N) is 3. The maximum absolute atomic E-state index is 6.81. The SMILES string of the molecule is C1=CC(C2N=C(c3ccccc3)C=C(c3ccccc3)N2)Cc2oc3cc(-n4c5ccccc5c5cc(-c6ccc7c(c6)c6ccccc6n7-c6ccccc6)ccc54)ccc3c21. The third-order valence-electron chi connectivity index (χ3n) is 13.1. The van der Waals surface area contributed by atoms with Crippen LogP contribution in [0, 0.1) is 5.92 Å². The highest BCUT2D eigenvalue weighted by Gasteiger charge is 2.30. The van der Waals surface area contributed by atoms with Gasteiger partial charge in [0.15, 0.2) is 0 Å². The first-order valence-electron chi connectivity index (χ1n) is 21.7. The predicted molar refractivity (Wildman–Crippen MR) is 261 cm³/mol. The van der Waals surface area contributed by atoms with Gasteiger partial charge >= 0.3 is 0 Å². The molecule has 5 heteroatoms. The molecule has 8 aromatic carbocycles. The number of nitrogens with one attached hydrogen (secondary N) is 1. The molecule has 5 nitrogen and oxygen atoms in total. The van der Waals surface area contributed by atoms with Crippen molar-refractivity contribution in [2.75, 3.05) is 0 Å². The quantitative estimate of drug-likeness (QED) is 0.182. The molecule has 0 bridgehead atoms. The van der Waals surface area contributed by atoms with E-state index in [2.05, 4.69) is 227 Å². The van der Waals surface area contributed by atoms with E-state index < -0.39 is 0 Å². The smallest absolute Gasteiger partial charge is 0.137 e. The molecule has 1 aliphatic heterocycles. The van der Waals surface area contributed by atoms with Crippen LogP contribution in [0.1, 0.15) is 22.5 Å². The predicted octanol–water partition coefficient (Wildman–Crippen LogP) is 13.9. The zero-order chi connectivity index (χ0) is 41.4. The number of benzene rings is 8. The fourth-order valence-corrected chi connectivity index (χ4v) is 10.1. The van der Waals surface area contributed by atoms with Crippen LogP contribution >= 0.6 is 0 Å². The van der Waals surface area contributed by atoms with Crippen molar-refractivity contribution in [2.24, 2.45) is 10.9 Å². The van der Waals surface area contributed by atoms with E-state index >= 15 is 0 Å². The summed E-state index contributed by atoms with van der Waals surface area (Å²) < 4.78 is 11.6. The van der Waals surface area contributed by atoms with E-state index in [0.29, 0.717) is 0 Å². The van der Waals surface area contributed by atoms with Gasteiger partial charge in [-0.1, -0.05) is 140 Å². The van der Waals surface area contributed by atoms with Crippen molar-refractivity contribution in [1.29, 1.82) is 0 Å². The van der Waals surface area contributed by atoms with Gasteiger partial charge in [-0.2, -0.15) is 0 Å². The summed E-state index contributed by atoms with van der Waals surface area (Å²) in [5.41, 5.74) is 15.7. The molecule has 0 saturated carbocycles. The van der Waals surface area contributed by atoms with Gasteiger partial charge < -0.3 is 18.9 Å². The van der Waals surface area contributed by atoms with E-state index in [1.54, 1.807) is 0 Å². The molecule has 3 aromatic heterocycles. The van der Waals surface area contributed by atoms with E-state index in [-0.39, 0.29) is 12.1 Å². The van der Waals surface area contributed by atoms with Gasteiger partial charge in [0.25, 0.3) is 0 Å². The molecular formula is C58H40N4O. The lowest BCUT2D eigenvalue weighted by molar-refractivity contribution is 0.423. The van der Waals surface area contributed by atoms with E-state index in [4.69, 9.17) is 9.41 Å². The van der Waals surface area contributed by atoms with Gasteiger partial charge in [-0.25, -0.2) is 0 Å². The van der Waals surface area contributed by atoms with Crippen LogP contribution in [0.4, 0.5) is 0 Å². The Hall–Kier alpha value is -8.15. The summed E-state index contributed by atoms with van der Waals surface area (Å²) in [4.78, 5) is 5.28. The molecule has 298 valence electrons. The first kappa shape index (κ1) is 35.6. The van der Waals surface area contributed by atoms with Crippen molar-refractivity contribution in [2.45, 2.75) is 12.6 Å². The van der Waals surface area contributed by atoms with Gasteiger partial charge in [0.1, 0.15) is 17.5 Å². The van der Waals surface area contributed by atoms with Gasteiger partial charge in [0.05, 0.1) is 27.8 Å². The monoisotopic (exact) mass is 808 g/mol. The van der Waals surface area contributed by atoms with Crippen molar-refractivity contribution in [3.8, 4) is 22.5 Å². The van der Waals surface area contributed by atoms with Crippen LogP contribution in [0.25, 0.3) is 88.9 Å². The second-order valence-corrected chi connectivity index (χ2v) is 16.7. The first-order valence-corrected chi connectivity index (χ1v) is 21.7. The summed E-state index contributed by atoms with van der Waals surface area (Å²) in [6.45, 7) is 0. The number of aromatic nitrogens is 2. The Bertz CT molecular complexity index is 3680. The zero-order valence-corrected chi connectivity index (χ0v) is 34.3. The first-order chi connectivity index (χ1) is 31.2. The highest BCUT2D eigenvalue weighted by molar-refractivity contribution is 6.14. The van der Waals surface area contributed by atoms with Crippen LogP contribution in [-0.2, 0) is 6.42 Å². The largest absolute Gasteiger partial charge is 0.460 e. The molecule has 4 heterocycles. The molecule has 2 unspecified atom stereocenters. The Morgan fingerprint density at radius 3 is 1.71 bits per heavy atom. The van der Waals surface area contributed by atoms with Gasteiger partial charge in [0.2, 0.25) is 0 Å². The minimum Gasteiger partial charge on any atom is -0.460 e. The Balaban J connectivity index is 0.858. The molecule has 11 aromatic rings. The number of rotatable bonds is 6. The molecule has 0 amide bonds. The van der Waals surface area contributed by atoms with Crippen molar-refractivity contribution in [3.63, 3.8) is 0 Å². The third kappa shape index (κ3) is 5.81. The number of para-hydroxylation sites is 3. The molecule has 2 atom stereocenters. The van der Waals surface area contributed by atoms with Gasteiger partial charge in [-0.3, -0.25) is 4.99 Å². The van der Waals surface area contributed by atoms with Crippen LogP contribution in [0.2, 0.25) is 0 Å². The van der Waals surface area contributed by atoms with Crippen molar-refractivity contribution < 1.29 is 4.42 Å². The second-order valence-electron chi connectivity index (χ2n) is 16.7. The average molecular weight is 809 g/mol. The van der Waals surface area contributed by atoms with Crippen molar-refractivity contribution in [3.05, 3.63) is 229 Å².